The van der Waals surface area contributed by atoms with Gasteiger partial charge in [-0.3, -0.25) is 0 Å². The molecule has 106 valence electrons. The molecule has 1 saturated heterocycles. The van der Waals surface area contributed by atoms with Crippen molar-refractivity contribution in [2.75, 3.05) is 35.7 Å². The predicted molar refractivity (Wildman–Crippen MR) is 77.3 cm³/mol. The van der Waals surface area contributed by atoms with E-state index in [0.717, 1.165) is 12.1 Å². The molecule has 3 N–H and O–H groups in total. The number of hydrogen-bond acceptors (Lipinski definition) is 5. The van der Waals surface area contributed by atoms with Crippen LogP contribution in [0.5, 0.6) is 5.75 Å². The first kappa shape index (κ1) is 14.0. The smallest absolute Gasteiger partial charge is 0.150 e. The van der Waals surface area contributed by atoms with Crippen molar-refractivity contribution in [2.45, 2.75) is 13.3 Å². The van der Waals surface area contributed by atoms with Gasteiger partial charge in [0, 0.05) is 18.3 Å². The Morgan fingerprint density at radius 2 is 2.26 bits per heavy atom. The van der Waals surface area contributed by atoms with Gasteiger partial charge >= 0.3 is 0 Å². The average molecular weight is 284 g/mol. The summed E-state index contributed by atoms with van der Waals surface area (Å²) >= 11 is 0. The molecular weight excluding hydrogens is 264 g/mol. The van der Waals surface area contributed by atoms with Crippen LogP contribution in [-0.4, -0.2) is 33.1 Å². The minimum Gasteiger partial charge on any atom is -0.492 e. The van der Waals surface area contributed by atoms with E-state index < -0.39 is 9.84 Å². The Hall–Kier alpha value is -1.43. The Morgan fingerprint density at radius 3 is 2.89 bits per heavy atom. The molecule has 1 fully saturated rings. The van der Waals surface area contributed by atoms with E-state index in [1.54, 1.807) is 6.07 Å². The number of sulfone groups is 1. The Labute approximate surface area is 114 Å². The first-order valence-electron chi connectivity index (χ1n) is 6.47. The summed E-state index contributed by atoms with van der Waals surface area (Å²) in [5.74, 6) is 1.45. The molecule has 1 heterocycles. The molecule has 5 nitrogen and oxygen atoms in total. The second-order valence-electron chi connectivity index (χ2n) is 4.84. The molecular formula is C13H20N2O3S. The predicted octanol–water partition coefficient (Wildman–Crippen LogP) is 1.51. The molecule has 0 radical (unpaired) electrons. The van der Waals surface area contributed by atoms with Crippen LogP contribution in [0, 0.1) is 5.92 Å². The number of nitrogens with two attached hydrogens (primary N) is 1. The number of nitrogen functional groups attached to an aromatic ring is 1. The van der Waals surface area contributed by atoms with Crippen LogP contribution in [0.25, 0.3) is 0 Å². The molecule has 0 amide bonds. The molecule has 1 unspecified atom stereocenters. The highest BCUT2D eigenvalue weighted by Gasteiger charge is 2.27. The lowest BCUT2D eigenvalue weighted by Crippen LogP contribution is -2.15. The molecule has 2 rings (SSSR count). The number of ether oxygens (including phenoxy) is 1. The summed E-state index contributed by atoms with van der Waals surface area (Å²) in [5, 5.41) is 3.25. The van der Waals surface area contributed by atoms with E-state index in [4.69, 9.17) is 10.5 Å². The van der Waals surface area contributed by atoms with Crippen molar-refractivity contribution in [1.82, 2.24) is 0 Å². The quantitative estimate of drug-likeness (QED) is 0.801. The maximum absolute atomic E-state index is 11.4. The number of nitrogens with one attached hydrogen (secondary N) is 1. The Morgan fingerprint density at radius 1 is 1.47 bits per heavy atom. The van der Waals surface area contributed by atoms with Crippen LogP contribution < -0.4 is 15.8 Å². The Bertz CT molecular complexity index is 543. The van der Waals surface area contributed by atoms with Crippen LogP contribution >= 0.6 is 0 Å². The van der Waals surface area contributed by atoms with Crippen LogP contribution in [-0.2, 0) is 9.84 Å². The van der Waals surface area contributed by atoms with E-state index in [1.807, 2.05) is 19.1 Å². The average Bonchev–Trinajstić information content (AvgIpc) is 2.70. The zero-order valence-electron chi connectivity index (χ0n) is 11.1. The monoisotopic (exact) mass is 284 g/mol. The lowest BCUT2D eigenvalue weighted by Gasteiger charge is -2.13. The molecule has 0 aromatic heterocycles. The SMILES string of the molecule is CCOc1cc(NCC2CCS(=O)(=O)C2)ccc1N. The largest absolute Gasteiger partial charge is 0.492 e. The van der Waals surface area contributed by atoms with Crippen LogP contribution in [0.1, 0.15) is 13.3 Å². The highest BCUT2D eigenvalue weighted by Crippen LogP contribution is 2.26. The van der Waals surface area contributed by atoms with Gasteiger partial charge in [-0.25, -0.2) is 8.42 Å². The zero-order valence-corrected chi connectivity index (χ0v) is 11.9. The highest BCUT2D eigenvalue weighted by atomic mass is 32.2. The standard InChI is InChI=1S/C13H20N2O3S/c1-2-18-13-7-11(3-4-12(13)14)15-8-10-5-6-19(16,17)9-10/h3-4,7,10,15H,2,5-6,8-9,14H2,1H3. The summed E-state index contributed by atoms with van der Waals surface area (Å²) in [6, 6.07) is 5.52. The van der Waals surface area contributed by atoms with Gasteiger partial charge in [0.2, 0.25) is 0 Å². The van der Waals surface area contributed by atoms with Gasteiger partial charge in [-0.2, -0.15) is 0 Å². The molecule has 0 spiro atoms. The van der Waals surface area contributed by atoms with Gasteiger partial charge in [-0.05, 0) is 31.4 Å². The molecule has 0 bridgehead atoms. The van der Waals surface area contributed by atoms with Crippen LogP contribution in [0.4, 0.5) is 11.4 Å². The molecule has 0 saturated carbocycles. The minimum absolute atomic E-state index is 0.193. The van der Waals surface area contributed by atoms with E-state index >= 15 is 0 Å². The fraction of sp³-hybridized carbons (Fsp3) is 0.538. The van der Waals surface area contributed by atoms with E-state index in [2.05, 4.69) is 5.32 Å². The van der Waals surface area contributed by atoms with Crippen molar-refractivity contribution in [3.05, 3.63) is 18.2 Å². The van der Waals surface area contributed by atoms with Crippen molar-refractivity contribution >= 4 is 21.2 Å². The minimum atomic E-state index is -2.81. The van der Waals surface area contributed by atoms with Crippen LogP contribution in [0.2, 0.25) is 0 Å². The maximum Gasteiger partial charge on any atom is 0.150 e. The Kier molecular flexibility index (Phi) is 4.19. The first-order valence-corrected chi connectivity index (χ1v) is 8.29. The third-order valence-corrected chi connectivity index (χ3v) is 5.07. The van der Waals surface area contributed by atoms with Crippen molar-refractivity contribution in [1.29, 1.82) is 0 Å². The fourth-order valence-electron chi connectivity index (χ4n) is 2.22. The van der Waals surface area contributed by atoms with Crippen molar-refractivity contribution in [2.24, 2.45) is 5.92 Å². The fourth-order valence-corrected chi connectivity index (χ4v) is 4.08. The van der Waals surface area contributed by atoms with Gasteiger partial charge < -0.3 is 15.8 Å². The van der Waals surface area contributed by atoms with Gasteiger partial charge in [-0.15, -0.1) is 0 Å². The third kappa shape index (κ3) is 3.76. The second-order valence-corrected chi connectivity index (χ2v) is 7.06. The van der Waals surface area contributed by atoms with Crippen LogP contribution in [0.15, 0.2) is 18.2 Å². The molecule has 1 aliphatic rings. The molecule has 1 aromatic rings. The summed E-state index contributed by atoms with van der Waals surface area (Å²) < 4.78 is 28.2. The molecule has 1 aliphatic heterocycles. The summed E-state index contributed by atoms with van der Waals surface area (Å²) in [6.45, 7) is 3.13. The van der Waals surface area contributed by atoms with Gasteiger partial charge in [0.25, 0.3) is 0 Å². The summed E-state index contributed by atoms with van der Waals surface area (Å²) in [7, 11) is -2.81. The first-order chi connectivity index (χ1) is 9.00. The number of benzene rings is 1. The number of hydrogen-bond donors (Lipinski definition) is 2. The second kappa shape index (κ2) is 5.69. The Balaban J connectivity index is 1.95. The van der Waals surface area contributed by atoms with Gasteiger partial charge in [0.05, 0.1) is 23.8 Å². The summed E-state index contributed by atoms with van der Waals surface area (Å²) in [4.78, 5) is 0. The zero-order chi connectivity index (χ0) is 13.9. The number of anilines is 2. The molecule has 1 aromatic carbocycles. The lowest BCUT2D eigenvalue weighted by atomic mass is 10.1. The molecule has 1 atom stereocenters. The van der Waals surface area contributed by atoms with E-state index in [-0.39, 0.29) is 11.7 Å². The maximum atomic E-state index is 11.4. The molecule has 19 heavy (non-hydrogen) atoms. The van der Waals surface area contributed by atoms with E-state index in [1.165, 1.54) is 0 Å². The van der Waals surface area contributed by atoms with Crippen molar-refractivity contribution in [3.8, 4) is 5.75 Å². The topological polar surface area (TPSA) is 81.4 Å². The normalized spacial score (nSPS) is 21.2. The summed E-state index contributed by atoms with van der Waals surface area (Å²) in [6.07, 6.45) is 0.739. The van der Waals surface area contributed by atoms with E-state index in [0.29, 0.717) is 30.3 Å². The molecule has 0 aliphatic carbocycles. The van der Waals surface area contributed by atoms with Crippen molar-refractivity contribution < 1.29 is 13.2 Å². The summed E-state index contributed by atoms with van der Waals surface area (Å²) in [5.41, 5.74) is 7.31. The van der Waals surface area contributed by atoms with Gasteiger partial charge in [0.1, 0.15) is 5.75 Å². The van der Waals surface area contributed by atoms with Crippen molar-refractivity contribution in [3.63, 3.8) is 0 Å². The lowest BCUT2D eigenvalue weighted by molar-refractivity contribution is 0.342. The van der Waals surface area contributed by atoms with Gasteiger partial charge in [-0.1, -0.05) is 0 Å². The van der Waals surface area contributed by atoms with Crippen LogP contribution in [0.3, 0.4) is 0 Å². The van der Waals surface area contributed by atoms with E-state index in [9.17, 15) is 8.42 Å². The molecule has 6 heteroatoms. The van der Waals surface area contributed by atoms with Gasteiger partial charge in [0.15, 0.2) is 9.84 Å². The highest BCUT2D eigenvalue weighted by molar-refractivity contribution is 7.91. The number of rotatable bonds is 5. The third-order valence-electron chi connectivity index (χ3n) is 3.24.